The van der Waals surface area contributed by atoms with Crippen LogP contribution in [0.1, 0.15) is 5.56 Å². The highest BCUT2D eigenvalue weighted by Gasteiger charge is 2.27. The van der Waals surface area contributed by atoms with Crippen LogP contribution in [0.4, 0.5) is 39.8 Å². The number of hydrogen-bond acceptors (Lipinski definition) is 3. The van der Waals surface area contributed by atoms with Crippen LogP contribution in [0.5, 0.6) is 0 Å². The lowest BCUT2D eigenvalue weighted by Gasteiger charge is -2.26. The van der Waals surface area contributed by atoms with Gasteiger partial charge in [-0.3, -0.25) is 0 Å². The van der Waals surface area contributed by atoms with Crippen LogP contribution in [-0.2, 0) is 0 Å². The first-order valence-electron chi connectivity index (χ1n) is 20.7. The quantitative estimate of drug-likeness (QED) is 0.158. The van der Waals surface area contributed by atoms with Gasteiger partial charge in [0.15, 0.2) is 5.69 Å². The van der Waals surface area contributed by atoms with Gasteiger partial charge in [-0.1, -0.05) is 103 Å². The number of nitriles is 1. The summed E-state index contributed by atoms with van der Waals surface area (Å²) < 4.78 is 4.93. The molecule has 0 radical (unpaired) electrons. The molecule has 0 unspecified atom stereocenters. The fourth-order valence-electron chi connectivity index (χ4n) is 10.3. The van der Waals surface area contributed by atoms with Crippen LogP contribution in [0.2, 0.25) is 0 Å². The van der Waals surface area contributed by atoms with Crippen molar-refractivity contribution in [3.8, 4) is 6.07 Å². The van der Waals surface area contributed by atoms with E-state index in [9.17, 15) is 5.26 Å². The Kier molecular flexibility index (Phi) is 7.05. The maximum atomic E-state index is 9.90. The number of hydrogen-bond donors (Lipinski definition) is 0. The Balaban J connectivity index is 1.09. The third-order valence-electron chi connectivity index (χ3n) is 12.7. The summed E-state index contributed by atoms with van der Waals surface area (Å²) in [5, 5.41) is 19.4. The average Bonchev–Trinajstić information content (AvgIpc) is 4.06. The topological polar surface area (TPSA) is 43.5 Å². The highest BCUT2D eigenvalue weighted by molar-refractivity contribution is 6.31. The summed E-state index contributed by atoms with van der Waals surface area (Å²) in [6, 6.07) is 70.4. The Hall–Kier alpha value is -8.84. The zero-order valence-electron chi connectivity index (χ0n) is 33.2. The van der Waals surface area contributed by atoms with E-state index < -0.39 is 0 Å². The Labute approximate surface area is 355 Å². The van der Waals surface area contributed by atoms with Crippen molar-refractivity contribution in [2.24, 2.45) is 0 Å². The number of aromatic nitrogens is 2. The maximum absolute atomic E-state index is 9.90. The van der Waals surface area contributed by atoms with Gasteiger partial charge in [0.05, 0.1) is 62.7 Å². The first-order chi connectivity index (χ1) is 30.7. The monoisotopic (exact) mass is 788 g/mol. The molecule has 6 heteroatoms. The van der Waals surface area contributed by atoms with Crippen molar-refractivity contribution in [3.63, 3.8) is 0 Å². The van der Waals surface area contributed by atoms with E-state index in [1.165, 1.54) is 65.2 Å². The van der Waals surface area contributed by atoms with Crippen LogP contribution in [0.15, 0.2) is 194 Å². The molecule has 4 aromatic heterocycles. The fourth-order valence-corrected chi connectivity index (χ4v) is 10.3. The smallest absolute Gasteiger partial charge is 0.189 e. The molecular weight excluding hydrogens is 757 g/mol. The van der Waals surface area contributed by atoms with Gasteiger partial charge in [0.2, 0.25) is 0 Å². The normalized spacial score (nSPS) is 11.8. The summed E-state index contributed by atoms with van der Waals surface area (Å²) in [4.78, 5) is 8.34. The molecule has 0 atom stereocenters. The second kappa shape index (κ2) is 12.8. The van der Waals surface area contributed by atoms with Gasteiger partial charge in [-0.05, 0) is 91.0 Å². The molecule has 0 saturated carbocycles. The van der Waals surface area contributed by atoms with Crippen molar-refractivity contribution in [1.29, 1.82) is 5.26 Å². The molecule has 9 aromatic carbocycles. The third kappa shape index (κ3) is 4.61. The average molecular weight is 789 g/mol. The van der Waals surface area contributed by atoms with Gasteiger partial charge in [0.25, 0.3) is 0 Å². The van der Waals surface area contributed by atoms with Crippen molar-refractivity contribution in [3.05, 3.63) is 211 Å². The van der Waals surface area contributed by atoms with E-state index in [2.05, 4.69) is 175 Å². The first-order valence-corrected chi connectivity index (χ1v) is 20.7. The maximum Gasteiger partial charge on any atom is 0.189 e. The molecule has 0 fully saturated rings. The Morgan fingerprint density at radius 3 is 1.37 bits per heavy atom. The molecule has 0 N–H and O–H groups in total. The molecule has 13 rings (SSSR count). The van der Waals surface area contributed by atoms with E-state index in [1.54, 1.807) is 0 Å². The molecule has 6 nitrogen and oxygen atoms in total. The fraction of sp³-hybridized carbons (Fsp3) is 0. The number of para-hydroxylation sites is 4. The van der Waals surface area contributed by atoms with Gasteiger partial charge in [-0.25, -0.2) is 4.85 Å². The summed E-state index contributed by atoms with van der Waals surface area (Å²) >= 11 is 0. The Bertz CT molecular complexity index is 3750. The molecule has 4 heterocycles. The minimum absolute atomic E-state index is 0.604. The summed E-state index contributed by atoms with van der Waals surface area (Å²) in [5.74, 6) is 0. The van der Waals surface area contributed by atoms with E-state index >= 15 is 0 Å². The second-order valence-electron chi connectivity index (χ2n) is 15.9. The minimum atomic E-state index is 0.604. The van der Waals surface area contributed by atoms with Crippen molar-refractivity contribution >= 4 is 116 Å². The largest absolute Gasteiger partial charge is 0.311 e. The van der Waals surface area contributed by atoms with Gasteiger partial charge >= 0.3 is 0 Å². The Morgan fingerprint density at radius 2 is 0.855 bits per heavy atom. The highest BCUT2D eigenvalue weighted by atomic mass is 15.2. The molecule has 13 aromatic rings. The van der Waals surface area contributed by atoms with Gasteiger partial charge in [-0.2, -0.15) is 5.26 Å². The first kappa shape index (κ1) is 34.1. The summed E-state index contributed by atoms with van der Waals surface area (Å²) in [5.41, 5.74) is 14.3. The zero-order chi connectivity index (χ0) is 41.1. The minimum Gasteiger partial charge on any atom is -0.311 e. The molecule has 0 spiro atoms. The SMILES string of the molecule is [C-]#[N+]c1cccc(N(c2ccccc2)c2cccc3c2c2cccc4c5cc6c(cc5n3c42)c2cccc3c4c(N(c5ccccc5)c5cccc(C#N)c5)cccc4n6c23)c1. The molecule has 0 saturated heterocycles. The molecule has 0 amide bonds. The molecule has 0 aliphatic rings. The van der Waals surface area contributed by atoms with E-state index in [1.807, 2.05) is 48.5 Å². The molecule has 0 aliphatic heterocycles. The van der Waals surface area contributed by atoms with Crippen LogP contribution in [0.25, 0.3) is 81.0 Å². The van der Waals surface area contributed by atoms with Crippen LogP contribution in [0.3, 0.4) is 0 Å². The summed E-state index contributed by atoms with van der Waals surface area (Å²) in [7, 11) is 0. The summed E-state index contributed by atoms with van der Waals surface area (Å²) in [6.07, 6.45) is 0. The number of rotatable bonds is 6. The van der Waals surface area contributed by atoms with Crippen LogP contribution in [-0.4, -0.2) is 8.80 Å². The Morgan fingerprint density at radius 1 is 0.403 bits per heavy atom. The van der Waals surface area contributed by atoms with Crippen molar-refractivity contribution in [2.45, 2.75) is 0 Å². The summed E-state index contributed by atoms with van der Waals surface area (Å²) in [6.45, 7) is 7.79. The third-order valence-corrected chi connectivity index (χ3v) is 12.7. The molecular formula is C56H32N6. The predicted molar refractivity (Wildman–Crippen MR) is 256 cm³/mol. The van der Waals surface area contributed by atoms with Crippen molar-refractivity contribution in [1.82, 2.24) is 8.80 Å². The van der Waals surface area contributed by atoms with Crippen molar-refractivity contribution < 1.29 is 0 Å². The van der Waals surface area contributed by atoms with Crippen LogP contribution >= 0.6 is 0 Å². The van der Waals surface area contributed by atoms with Crippen molar-refractivity contribution in [2.75, 3.05) is 9.80 Å². The standard InChI is InChI=1S/C56H32N6/c1-58-36-15-9-21-40(31-36)60(38-18-6-3-7-19-38)48-27-13-29-50-54(48)44-25-11-23-42-46-32-51-45(33-52(46)62(50)56(42)44)41-22-10-24-43-53-47(26-12-28-49(53)61(51)55(41)43)59(37-16-4-2-5-17-37)39-20-8-14-35(30-39)34-57/h2-33H. The lowest BCUT2D eigenvalue weighted by molar-refractivity contribution is 1.29. The van der Waals surface area contributed by atoms with Crippen LogP contribution in [0, 0.1) is 17.9 Å². The van der Waals surface area contributed by atoms with E-state index in [4.69, 9.17) is 6.57 Å². The number of benzene rings is 9. The van der Waals surface area contributed by atoms with Gasteiger partial charge in [-0.15, -0.1) is 0 Å². The highest BCUT2D eigenvalue weighted by Crippen LogP contribution is 2.50. The second-order valence-corrected chi connectivity index (χ2v) is 15.9. The lowest BCUT2D eigenvalue weighted by Crippen LogP contribution is -2.10. The van der Waals surface area contributed by atoms with Crippen LogP contribution < -0.4 is 9.80 Å². The molecule has 0 bridgehead atoms. The van der Waals surface area contributed by atoms with Gasteiger partial charge < -0.3 is 18.6 Å². The molecule has 0 aliphatic carbocycles. The molecule has 62 heavy (non-hydrogen) atoms. The number of nitrogens with zero attached hydrogens (tertiary/aromatic N) is 6. The van der Waals surface area contributed by atoms with Gasteiger partial charge in [0.1, 0.15) is 0 Å². The van der Waals surface area contributed by atoms with Gasteiger partial charge in [0, 0.05) is 65.8 Å². The predicted octanol–water partition coefficient (Wildman–Crippen LogP) is 15.3. The zero-order valence-corrected chi connectivity index (χ0v) is 33.2. The number of anilines is 6. The number of fused-ring (bicyclic) bond motifs is 12. The van der Waals surface area contributed by atoms with E-state index in [-0.39, 0.29) is 0 Å². The lowest BCUT2D eigenvalue weighted by atomic mass is 10.0. The van der Waals surface area contributed by atoms with E-state index in [0.29, 0.717) is 11.3 Å². The van der Waals surface area contributed by atoms with E-state index in [0.717, 1.165) is 45.2 Å². The molecule has 286 valence electrons.